The molecule has 2 rings (SSSR count). The molecule has 0 saturated heterocycles. The quantitative estimate of drug-likeness (QED) is 0.901. The van der Waals surface area contributed by atoms with Gasteiger partial charge in [0.25, 0.3) is 5.91 Å². The van der Waals surface area contributed by atoms with E-state index in [4.69, 9.17) is 0 Å². The SMILES string of the molecule is CNc1cncc(C(=O)NC(C)c2sc(C)nc2C)n1. The third kappa shape index (κ3) is 3.11. The molecule has 1 unspecified atom stereocenters. The number of amides is 1. The van der Waals surface area contributed by atoms with E-state index in [-0.39, 0.29) is 11.9 Å². The average molecular weight is 291 g/mol. The largest absolute Gasteiger partial charge is 0.372 e. The molecule has 2 N–H and O–H groups in total. The number of aryl methyl sites for hydroxylation is 2. The summed E-state index contributed by atoms with van der Waals surface area (Å²) in [6, 6.07) is -0.103. The predicted octanol–water partition coefficient (Wildman–Crippen LogP) is 2.08. The second-order valence-electron chi connectivity index (χ2n) is 4.42. The lowest BCUT2D eigenvalue weighted by atomic mass is 10.2. The van der Waals surface area contributed by atoms with E-state index in [0.717, 1.165) is 15.6 Å². The molecule has 0 aliphatic carbocycles. The van der Waals surface area contributed by atoms with Gasteiger partial charge < -0.3 is 10.6 Å². The summed E-state index contributed by atoms with van der Waals surface area (Å²) in [5.41, 5.74) is 1.25. The maximum absolute atomic E-state index is 12.2. The van der Waals surface area contributed by atoms with Crippen LogP contribution in [0.4, 0.5) is 5.82 Å². The Morgan fingerprint density at radius 1 is 1.30 bits per heavy atom. The van der Waals surface area contributed by atoms with Gasteiger partial charge in [-0.1, -0.05) is 0 Å². The first-order valence-electron chi connectivity index (χ1n) is 6.26. The molecule has 2 aromatic rings. The van der Waals surface area contributed by atoms with E-state index >= 15 is 0 Å². The smallest absolute Gasteiger partial charge is 0.272 e. The van der Waals surface area contributed by atoms with Crippen LogP contribution >= 0.6 is 11.3 Å². The van der Waals surface area contributed by atoms with Gasteiger partial charge in [-0.3, -0.25) is 9.78 Å². The number of nitrogens with one attached hydrogen (secondary N) is 2. The van der Waals surface area contributed by atoms with E-state index in [2.05, 4.69) is 25.6 Å². The third-order valence-electron chi connectivity index (χ3n) is 2.80. The third-order valence-corrected chi connectivity index (χ3v) is 4.06. The first kappa shape index (κ1) is 14.4. The molecule has 0 radical (unpaired) electrons. The van der Waals surface area contributed by atoms with E-state index in [9.17, 15) is 4.79 Å². The summed E-state index contributed by atoms with van der Waals surface area (Å²) in [5.74, 6) is 0.322. The minimum Gasteiger partial charge on any atom is -0.372 e. The van der Waals surface area contributed by atoms with Crippen molar-refractivity contribution in [2.45, 2.75) is 26.8 Å². The summed E-state index contributed by atoms with van der Waals surface area (Å²) in [6.45, 7) is 5.84. The minimum absolute atomic E-state index is 0.103. The Bertz CT molecular complexity index is 625. The van der Waals surface area contributed by atoms with Gasteiger partial charge in [0, 0.05) is 11.9 Å². The van der Waals surface area contributed by atoms with Gasteiger partial charge in [0.2, 0.25) is 0 Å². The Labute approximate surface area is 121 Å². The first-order chi connectivity index (χ1) is 9.51. The van der Waals surface area contributed by atoms with Crippen LogP contribution in [0.15, 0.2) is 12.4 Å². The zero-order valence-corrected chi connectivity index (χ0v) is 12.7. The fraction of sp³-hybridized carbons (Fsp3) is 0.385. The molecule has 0 aliphatic rings. The van der Waals surface area contributed by atoms with Gasteiger partial charge in [0.1, 0.15) is 11.5 Å². The number of carbonyl (C=O) groups is 1. The van der Waals surface area contributed by atoms with Crippen LogP contribution in [0.25, 0.3) is 0 Å². The van der Waals surface area contributed by atoms with E-state index in [0.29, 0.717) is 11.5 Å². The molecule has 0 fully saturated rings. The molecule has 0 saturated carbocycles. The molecular formula is C13H17N5OS. The van der Waals surface area contributed by atoms with E-state index in [1.807, 2.05) is 20.8 Å². The zero-order chi connectivity index (χ0) is 14.7. The minimum atomic E-state index is -0.243. The summed E-state index contributed by atoms with van der Waals surface area (Å²) < 4.78 is 0. The van der Waals surface area contributed by atoms with Gasteiger partial charge in [-0.2, -0.15) is 0 Å². The van der Waals surface area contributed by atoms with Gasteiger partial charge in [0.05, 0.1) is 29.1 Å². The van der Waals surface area contributed by atoms with Crippen LogP contribution in [0.5, 0.6) is 0 Å². The highest BCUT2D eigenvalue weighted by atomic mass is 32.1. The Kier molecular flexibility index (Phi) is 4.29. The zero-order valence-electron chi connectivity index (χ0n) is 11.9. The maximum atomic E-state index is 12.2. The number of hydrogen-bond donors (Lipinski definition) is 2. The van der Waals surface area contributed by atoms with Crippen LogP contribution in [0, 0.1) is 13.8 Å². The molecule has 1 amide bonds. The number of carbonyl (C=O) groups excluding carboxylic acids is 1. The highest BCUT2D eigenvalue weighted by molar-refractivity contribution is 7.11. The standard InChI is InChI=1S/C13H17N5OS/c1-7-12(20-9(3)16-7)8(2)17-13(19)10-5-15-6-11(14-4)18-10/h5-6,8H,1-4H3,(H,14,18)(H,17,19). The van der Waals surface area contributed by atoms with Crippen LogP contribution in [0.2, 0.25) is 0 Å². The van der Waals surface area contributed by atoms with Crippen molar-refractivity contribution in [3.8, 4) is 0 Å². The van der Waals surface area contributed by atoms with Crippen LogP contribution in [0.1, 0.15) is 39.0 Å². The lowest BCUT2D eigenvalue weighted by Gasteiger charge is -2.12. The predicted molar refractivity (Wildman–Crippen MR) is 79.0 cm³/mol. The molecule has 0 aromatic carbocycles. The highest BCUT2D eigenvalue weighted by Gasteiger charge is 2.17. The Morgan fingerprint density at radius 3 is 2.65 bits per heavy atom. The second-order valence-corrected chi connectivity index (χ2v) is 5.65. The normalized spacial score (nSPS) is 12.0. The van der Waals surface area contributed by atoms with E-state index in [1.165, 1.54) is 6.20 Å². The van der Waals surface area contributed by atoms with Gasteiger partial charge >= 0.3 is 0 Å². The number of nitrogens with zero attached hydrogens (tertiary/aromatic N) is 3. The van der Waals surface area contributed by atoms with Gasteiger partial charge in [-0.05, 0) is 20.8 Å². The second kappa shape index (κ2) is 5.96. The van der Waals surface area contributed by atoms with Crippen molar-refractivity contribution < 1.29 is 4.79 Å². The summed E-state index contributed by atoms with van der Waals surface area (Å²) >= 11 is 1.59. The number of aromatic nitrogens is 3. The fourth-order valence-electron chi connectivity index (χ4n) is 1.88. The van der Waals surface area contributed by atoms with Crippen LogP contribution in [-0.2, 0) is 0 Å². The average Bonchev–Trinajstić information content (AvgIpc) is 2.77. The number of rotatable bonds is 4. The molecule has 2 aromatic heterocycles. The van der Waals surface area contributed by atoms with Crippen molar-refractivity contribution in [2.75, 3.05) is 12.4 Å². The number of hydrogen-bond acceptors (Lipinski definition) is 6. The summed E-state index contributed by atoms with van der Waals surface area (Å²) in [6.07, 6.45) is 3.02. The summed E-state index contributed by atoms with van der Waals surface area (Å²) in [4.78, 5) is 25.7. The highest BCUT2D eigenvalue weighted by Crippen LogP contribution is 2.24. The molecular weight excluding hydrogens is 274 g/mol. The van der Waals surface area contributed by atoms with E-state index in [1.54, 1.807) is 24.6 Å². The molecule has 20 heavy (non-hydrogen) atoms. The molecule has 0 aliphatic heterocycles. The molecule has 0 spiro atoms. The topological polar surface area (TPSA) is 79.8 Å². The number of thiazole rings is 1. The lowest BCUT2D eigenvalue weighted by Crippen LogP contribution is -2.27. The van der Waals surface area contributed by atoms with Crippen molar-refractivity contribution in [3.05, 3.63) is 33.7 Å². The number of anilines is 1. The Balaban J connectivity index is 2.12. The van der Waals surface area contributed by atoms with E-state index < -0.39 is 0 Å². The molecule has 1 atom stereocenters. The molecule has 6 nitrogen and oxygen atoms in total. The summed E-state index contributed by atoms with van der Waals surface area (Å²) in [5, 5.41) is 6.77. The maximum Gasteiger partial charge on any atom is 0.272 e. The fourth-order valence-corrected chi connectivity index (χ4v) is 2.81. The first-order valence-corrected chi connectivity index (χ1v) is 7.07. The van der Waals surface area contributed by atoms with Crippen molar-refractivity contribution in [1.82, 2.24) is 20.3 Å². The molecule has 7 heteroatoms. The van der Waals surface area contributed by atoms with Gasteiger partial charge in [-0.15, -0.1) is 11.3 Å². The van der Waals surface area contributed by atoms with Gasteiger partial charge in [-0.25, -0.2) is 9.97 Å². The van der Waals surface area contributed by atoms with Crippen molar-refractivity contribution in [1.29, 1.82) is 0 Å². The van der Waals surface area contributed by atoms with Gasteiger partial charge in [0.15, 0.2) is 0 Å². The molecule has 0 bridgehead atoms. The van der Waals surface area contributed by atoms with Crippen LogP contribution in [0.3, 0.4) is 0 Å². The van der Waals surface area contributed by atoms with Crippen LogP contribution < -0.4 is 10.6 Å². The Hall–Kier alpha value is -2.02. The van der Waals surface area contributed by atoms with Crippen molar-refractivity contribution >= 4 is 23.1 Å². The Morgan fingerprint density at radius 2 is 2.05 bits per heavy atom. The lowest BCUT2D eigenvalue weighted by molar-refractivity contribution is 0.0935. The molecule has 2 heterocycles. The monoisotopic (exact) mass is 291 g/mol. The molecule has 106 valence electrons. The summed E-state index contributed by atoms with van der Waals surface area (Å²) in [7, 11) is 1.73. The van der Waals surface area contributed by atoms with Crippen LogP contribution in [-0.4, -0.2) is 27.9 Å². The van der Waals surface area contributed by atoms with Crippen molar-refractivity contribution in [3.63, 3.8) is 0 Å². The van der Waals surface area contributed by atoms with Crippen molar-refractivity contribution in [2.24, 2.45) is 0 Å².